The molecule has 256 valence electrons. The highest BCUT2D eigenvalue weighted by molar-refractivity contribution is 6.77. The van der Waals surface area contributed by atoms with Gasteiger partial charge in [-0.05, 0) is 67.0 Å². The first kappa shape index (κ1) is 38.5. The Morgan fingerprint density at radius 2 is 1.53 bits per heavy atom. The van der Waals surface area contributed by atoms with Gasteiger partial charge in [-0.1, -0.05) is 92.6 Å². The predicted octanol–water partition coefficient (Wildman–Crippen LogP) is 10.1. The molecule has 2 fully saturated rings. The number of hydrogen-bond donors (Lipinski definition) is 0. The predicted molar refractivity (Wildman–Crippen MR) is 193 cm³/mol. The number of fused-ring (bicyclic) bond motifs is 1. The molecule has 0 saturated carbocycles. The van der Waals surface area contributed by atoms with Crippen molar-refractivity contribution in [2.24, 2.45) is 0 Å². The fourth-order valence-electron chi connectivity index (χ4n) is 7.78. The molecule has 2 heterocycles. The molecule has 7 heteroatoms. The fourth-order valence-corrected chi connectivity index (χ4v) is 14.8. The standard InChI is InChI=1S/C38H66O5Si2/c1-15-23-37(11)33(41-44(13,14)36(8,9)10)26-34-38(12,43-37)35(42-45(28(2)3,29(4)5)30(6)7)25-32(40-34)22-19-24-39-27-31-20-17-16-18-21-31/h1,16-18,20-21,28-30,32-35H,19,22-27H2,2-14H3/t32-,33-,34+,35-,37+,38+/m0/s1. The van der Waals surface area contributed by atoms with Crippen LogP contribution in [-0.4, -0.2) is 58.9 Å². The number of hydrogen-bond acceptors (Lipinski definition) is 5. The van der Waals surface area contributed by atoms with Crippen LogP contribution < -0.4 is 0 Å². The largest absolute Gasteiger partial charge is 0.411 e. The van der Waals surface area contributed by atoms with E-state index in [2.05, 4.69) is 119 Å². The summed E-state index contributed by atoms with van der Waals surface area (Å²) >= 11 is 0. The van der Waals surface area contributed by atoms with Gasteiger partial charge in [-0.3, -0.25) is 0 Å². The zero-order chi connectivity index (χ0) is 33.8. The Morgan fingerprint density at radius 3 is 2.07 bits per heavy atom. The summed E-state index contributed by atoms with van der Waals surface area (Å²) in [5.74, 6) is 2.95. The Hall–Kier alpha value is -0.986. The van der Waals surface area contributed by atoms with Gasteiger partial charge in [0.25, 0.3) is 0 Å². The number of benzene rings is 1. The molecule has 0 radical (unpaired) electrons. The molecule has 3 rings (SSSR count). The lowest BCUT2D eigenvalue weighted by Crippen LogP contribution is -2.71. The summed E-state index contributed by atoms with van der Waals surface area (Å²) in [6.07, 6.45) is 9.63. The third-order valence-electron chi connectivity index (χ3n) is 11.4. The average Bonchev–Trinajstić information content (AvgIpc) is 2.92. The molecule has 0 unspecified atom stereocenters. The monoisotopic (exact) mass is 658 g/mol. The Balaban J connectivity index is 1.92. The third kappa shape index (κ3) is 8.55. The summed E-state index contributed by atoms with van der Waals surface area (Å²) in [6, 6.07) is 10.4. The van der Waals surface area contributed by atoms with Crippen molar-refractivity contribution >= 4 is 16.6 Å². The first-order valence-corrected chi connectivity index (χ1v) is 22.6. The maximum Gasteiger partial charge on any atom is 0.200 e. The molecule has 1 aromatic carbocycles. The topological polar surface area (TPSA) is 46.2 Å². The average molecular weight is 659 g/mol. The molecule has 5 nitrogen and oxygen atoms in total. The molecule has 2 aliphatic rings. The van der Waals surface area contributed by atoms with E-state index in [-0.39, 0.29) is 29.5 Å². The van der Waals surface area contributed by atoms with Crippen molar-refractivity contribution in [1.29, 1.82) is 0 Å². The number of ether oxygens (including phenoxy) is 3. The van der Waals surface area contributed by atoms with Gasteiger partial charge in [-0.2, -0.15) is 0 Å². The highest BCUT2D eigenvalue weighted by Crippen LogP contribution is 2.52. The normalized spacial score (nSPS) is 29.7. The lowest BCUT2D eigenvalue weighted by Gasteiger charge is -2.61. The van der Waals surface area contributed by atoms with E-state index in [1.165, 1.54) is 5.56 Å². The lowest BCUT2D eigenvalue weighted by molar-refractivity contribution is -0.321. The van der Waals surface area contributed by atoms with Crippen molar-refractivity contribution in [3.8, 4) is 12.3 Å². The summed E-state index contributed by atoms with van der Waals surface area (Å²) in [5, 5.41) is 0.0726. The van der Waals surface area contributed by atoms with Gasteiger partial charge >= 0.3 is 0 Å². The first-order valence-electron chi connectivity index (χ1n) is 17.6. The van der Waals surface area contributed by atoms with E-state index in [4.69, 9.17) is 29.5 Å². The SMILES string of the molecule is C#CC[C@@]1(C)O[C@@]2(C)[C@@H](O[Si](C(C)C)(C(C)C)C(C)C)C[C@H](CCCOCc3ccccc3)O[C@@H]2C[C@@H]1O[Si](C)(C)C(C)(C)C. The van der Waals surface area contributed by atoms with E-state index < -0.39 is 27.8 Å². The first-order chi connectivity index (χ1) is 20.8. The Labute approximate surface area is 279 Å². The van der Waals surface area contributed by atoms with Crippen molar-refractivity contribution in [3.63, 3.8) is 0 Å². The zero-order valence-corrected chi connectivity index (χ0v) is 33.0. The van der Waals surface area contributed by atoms with Crippen LogP contribution in [0.15, 0.2) is 30.3 Å². The van der Waals surface area contributed by atoms with Crippen LogP contribution in [-0.2, 0) is 29.7 Å². The van der Waals surface area contributed by atoms with E-state index >= 15 is 0 Å². The van der Waals surface area contributed by atoms with E-state index in [0.717, 1.165) is 25.7 Å². The molecule has 2 aliphatic heterocycles. The van der Waals surface area contributed by atoms with E-state index in [1.54, 1.807) is 0 Å². The van der Waals surface area contributed by atoms with Crippen LogP contribution in [0, 0.1) is 12.3 Å². The fraction of sp³-hybridized carbons (Fsp3) is 0.789. The summed E-state index contributed by atoms with van der Waals surface area (Å²) in [4.78, 5) is 0. The van der Waals surface area contributed by atoms with Gasteiger partial charge in [0.05, 0.1) is 31.0 Å². The summed E-state index contributed by atoms with van der Waals surface area (Å²) in [7, 11) is -4.33. The maximum absolute atomic E-state index is 7.63. The smallest absolute Gasteiger partial charge is 0.200 e. The van der Waals surface area contributed by atoms with Crippen molar-refractivity contribution in [3.05, 3.63) is 35.9 Å². The van der Waals surface area contributed by atoms with Gasteiger partial charge in [-0.25, -0.2) is 0 Å². The molecule has 0 spiro atoms. The van der Waals surface area contributed by atoms with E-state index in [0.29, 0.717) is 36.3 Å². The Kier molecular flexibility index (Phi) is 12.9. The second-order valence-electron chi connectivity index (χ2n) is 16.7. The lowest BCUT2D eigenvalue weighted by atomic mass is 9.75. The van der Waals surface area contributed by atoms with E-state index in [9.17, 15) is 0 Å². The molecule has 0 N–H and O–H groups in total. The van der Waals surface area contributed by atoms with Gasteiger partial charge in [0.1, 0.15) is 11.2 Å². The van der Waals surface area contributed by atoms with Crippen LogP contribution in [0.5, 0.6) is 0 Å². The zero-order valence-electron chi connectivity index (χ0n) is 31.0. The highest BCUT2D eigenvalue weighted by atomic mass is 28.4. The van der Waals surface area contributed by atoms with E-state index in [1.807, 2.05) is 6.07 Å². The molecular formula is C38H66O5Si2. The van der Waals surface area contributed by atoms with Crippen molar-refractivity contribution in [1.82, 2.24) is 0 Å². The minimum Gasteiger partial charge on any atom is -0.411 e. The quantitative estimate of drug-likeness (QED) is 0.113. The molecule has 6 atom stereocenters. The summed E-state index contributed by atoms with van der Waals surface area (Å²) in [5.41, 5.74) is 1.37. The summed E-state index contributed by atoms with van der Waals surface area (Å²) < 4.78 is 35.2. The highest BCUT2D eigenvalue weighted by Gasteiger charge is 2.62. The second kappa shape index (κ2) is 15.1. The van der Waals surface area contributed by atoms with Gasteiger partial charge < -0.3 is 23.1 Å². The Bertz CT molecular complexity index is 1090. The maximum atomic E-state index is 7.63. The van der Waals surface area contributed by atoms with Gasteiger partial charge in [0.2, 0.25) is 8.32 Å². The van der Waals surface area contributed by atoms with Crippen molar-refractivity contribution in [2.45, 2.75) is 185 Å². The van der Waals surface area contributed by atoms with Gasteiger partial charge in [-0.15, -0.1) is 12.3 Å². The van der Waals surface area contributed by atoms with Gasteiger partial charge in [0, 0.05) is 25.9 Å². The van der Waals surface area contributed by atoms with Crippen LogP contribution in [0.1, 0.15) is 114 Å². The van der Waals surface area contributed by atoms with Gasteiger partial charge in [0.15, 0.2) is 8.32 Å². The van der Waals surface area contributed by atoms with Crippen LogP contribution in [0.2, 0.25) is 34.8 Å². The third-order valence-corrected chi connectivity index (χ3v) is 21.9. The van der Waals surface area contributed by atoms with Crippen molar-refractivity contribution in [2.75, 3.05) is 6.61 Å². The molecule has 45 heavy (non-hydrogen) atoms. The molecule has 0 aromatic heterocycles. The van der Waals surface area contributed by atoms with Crippen LogP contribution >= 0.6 is 0 Å². The molecular weight excluding hydrogens is 593 g/mol. The minimum atomic E-state index is -2.22. The van der Waals surface area contributed by atoms with Crippen LogP contribution in [0.25, 0.3) is 0 Å². The summed E-state index contributed by atoms with van der Waals surface area (Å²) in [6.45, 7) is 31.4. The Morgan fingerprint density at radius 1 is 0.933 bits per heavy atom. The molecule has 0 amide bonds. The van der Waals surface area contributed by atoms with Crippen molar-refractivity contribution < 1.29 is 23.1 Å². The second-order valence-corrected chi connectivity index (χ2v) is 26.8. The minimum absolute atomic E-state index is 0.0701. The van der Waals surface area contributed by atoms with Crippen LogP contribution in [0.4, 0.5) is 0 Å². The number of rotatable bonds is 14. The molecule has 2 saturated heterocycles. The molecule has 1 aromatic rings. The van der Waals surface area contributed by atoms with Crippen LogP contribution in [0.3, 0.4) is 0 Å². The molecule has 0 bridgehead atoms. The number of terminal acetylenes is 1. The molecule has 0 aliphatic carbocycles.